The Hall–Kier alpha value is -1.39. The molecule has 0 bridgehead atoms. The first kappa shape index (κ1) is 7.71. The van der Waals surface area contributed by atoms with Crippen molar-refractivity contribution in [3.8, 4) is 0 Å². The van der Waals surface area contributed by atoms with E-state index >= 15 is 0 Å². The van der Waals surface area contributed by atoms with Gasteiger partial charge in [0.15, 0.2) is 0 Å². The molecule has 0 aromatic rings. The minimum Gasteiger partial charge on any atom is -0.368 e. The van der Waals surface area contributed by atoms with E-state index in [-0.39, 0.29) is 18.6 Å². The summed E-state index contributed by atoms with van der Waals surface area (Å²) in [5.74, 6) is -1.32. The molecule has 3 N–H and O–H groups in total. The van der Waals surface area contributed by atoms with E-state index in [9.17, 15) is 14.4 Å². The van der Waals surface area contributed by atoms with Crippen molar-refractivity contribution < 1.29 is 14.4 Å². The fraction of sp³-hybridized carbons (Fsp3) is 0.500. The standard InChI is InChI=1S/C6H8N2O3/c7-6(11)4-1-3(9)2-5(10)8-4/h4H,1-2H2,(H2,7,11)(H,8,10). The lowest BCUT2D eigenvalue weighted by atomic mass is 10.0. The smallest absolute Gasteiger partial charge is 0.240 e. The third-order valence-corrected chi connectivity index (χ3v) is 1.47. The first-order valence-electron chi connectivity index (χ1n) is 3.20. The van der Waals surface area contributed by atoms with Gasteiger partial charge in [0, 0.05) is 6.42 Å². The minimum absolute atomic E-state index is 0.0288. The molecular weight excluding hydrogens is 148 g/mol. The normalized spacial score (nSPS) is 24.5. The van der Waals surface area contributed by atoms with Crippen molar-refractivity contribution in [2.24, 2.45) is 5.73 Å². The quantitative estimate of drug-likeness (QED) is 0.444. The Morgan fingerprint density at radius 1 is 1.55 bits per heavy atom. The molecule has 0 spiro atoms. The number of amides is 2. The lowest BCUT2D eigenvalue weighted by Crippen LogP contribution is -2.49. The van der Waals surface area contributed by atoms with Gasteiger partial charge in [-0.1, -0.05) is 0 Å². The van der Waals surface area contributed by atoms with Crippen molar-refractivity contribution in [2.75, 3.05) is 0 Å². The number of carbonyl (C=O) groups excluding carboxylic acids is 3. The van der Waals surface area contributed by atoms with Gasteiger partial charge in [0.05, 0.1) is 6.42 Å². The maximum absolute atomic E-state index is 10.7. The highest BCUT2D eigenvalue weighted by Crippen LogP contribution is 2.03. The summed E-state index contributed by atoms with van der Waals surface area (Å²) in [4.78, 5) is 31.9. The van der Waals surface area contributed by atoms with Crippen molar-refractivity contribution >= 4 is 17.6 Å². The molecule has 1 rings (SSSR count). The van der Waals surface area contributed by atoms with Crippen molar-refractivity contribution in [1.29, 1.82) is 0 Å². The van der Waals surface area contributed by atoms with E-state index in [0.717, 1.165) is 0 Å². The highest BCUT2D eigenvalue weighted by atomic mass is 16.2. The molecule has 11 heavy (non-hydrogen) atoms. The van der Waals surface area contributed by atoms with E-state index in [1.807, 2.05) is 0 Å². The van der Waals surface area contributed by atoms with Crippen LogP contribution in [0.5, 0.6) is 0 Å². The molecule has 1 heterocycles. The molecule has 2 amide bonds. The average molecular weight is 156 g/mol. The number of hydrogen-bond acceptors (Lipinski definition) is 3. The van der Waals surface area contributed by atoms with Gasteiger partial charge in [-0.25, -0.2) is 0 Å². The summed E-state index contributed by atoms with van der Waals surface area (Å²) in [6.07, 6.45) is -0.106. The molecule has 0 aromatic heterocycles. The highest BCUT2D eigenvalue weighted by Gasteiger charge is 2.27. The number of nitrogens with two attached hydrogens (primary N) is 1. The topological polar surface area (TPSA) is 89.3 Å². The van der Waals surface area contributed by atoms with Gasteiger partial charge in [-0.2, -0.15) is 0 Å². The molecular formula is C6H8N2O3. The molecule has 0 aliphatic carbocycles. The molecule has 1 unspecified atom stereocenters. The fourth-order valence-corrected chi connectivity index (χ4v) is 0.947. The van der Waals surface area contributed by atoms with Crippen molar-refractivity contribution in [2.45, 2.75) is 18.9 Å². The Morgan fingerprint density at radius 3 is 2.64 bits per heavy atom. The number of hydrogen-bond donors (Lipinski definition) is 2. The summed E-state index contributed by atoms with van der Waals surface area (Å²) in [7, 11) is 0. The van der Waals surface area contributed by atoms with Crippen LogP contribution in [0.15, 0.2) is 0 Å². The van der Waals surface area contributed by atoms with Crippen LogP contribution in [0.25, 0.3) is 0 Å². The highest BCUT2D eigenvalue weighted by molar-refractivity contribution is 6.04. The van der Waals surface area contributed by atoms with Crippen LogP contribution >= 0.6 is 0 Å². The fourth-order valence-electron chi connectivity index (χ4n) is 0.947. The van der Waals surface area contributed by atoms with Gasteiger partial charge in [-0.15, -0.1) is 0 Å². The molecule has 0 aromatic carbocycles. The van der Waals surface area contributed by atoms with Crippen LogP contribution < -0.4 is 11.1 Å². The third kappa shape index (κ3) is 1.76. The summed E-state index contributed by atoms with van der Waals surface area (Å²) >= 11 is 0. The van der Waals surface area contributed by atoms with Gasteiger partial charge < -0.3 is 11.1 Å². The molecule has 0 saturated carbocycles. The zero-order valence-electron chi connectivity index (χ0n) is 5.79. The summed E-state index contributed by atoms with van der Waals surface area (Å²) in [5.41, 5.74) is 4.89. The van der Waals surface area contributed by atoms with Crippen molar-refractivity contribution in [3.05, 3.63) is 0 Å². The lowest BCUT2D eigenvalue weighted by Gasteiger charge is -2.18. The number of Topliss-reactive ketones (excluding diaryl/α,β-unsaturated/α-hetero) is 1. The van der Waals surface area contributed by atoms with E-state index in [2.05, 4.69) is 5.32 Å². The van der Waals surface area contributed by atoms with E-state index < -0.39 is 17.9 Å². The van der Waals surface area contributed by atoms with Crippen LogP contribution in [-0.2, 0) is 14.4 Å². The van der Waals surface area contributed by atoms with Crippen LogP contribution in [0.4, 0.5) is 0 Å². The minimum atomic E-state index is -0.802. The molecule has 0 radical (unpaired) electrons. The lowest BCUT2D eigenvalue weighted by molar-refractivity contribution is -0.136. The number of primary amides is 1. The molecule has 1 aliphatic rings. The Labute approximate surface area is 62.9 Å². The largest absolute Gasteiger partial charge is 0.368 e. The summed E-state index contributed by atoms with van der Waals surface area (Å²) in [6, 6.07) is -0.802. The van der Waals surface area contributed by atoms with Gasteiger partial charge >= 0.3 is 0 Å². The molecule has 1 atom stereocenters. The Kier molecular flexibility index (Phi) is 1.89. The van der Waals surface area contributed by atoms with Gasteiger partial charge in [0.2, 0.25) is 11.8 Å². The number of ketones is 1. The Bertz CT molecular complexity index is 208. The maximum Gasteiger partial charge on any atom is 0.240 e. The average Bonchev–Trinajstić information content (AvgIpc) is 1.85. The molecule has 5 heteroatoms. The predicted octanol–water partition coefficient (Wildman–Crippen LogP) is -1.68. The number of piperidine rings is 1. The molecule has 5 nitrogen and oxygen atoms in total. The zero-order valence-corrected chi connectivity index (χ0v) is 5.79. The van der Waals surface area contributed by atoms with Gasteiger partial charge in [0.25, 0.3) is 0 Å². The summed E-state index contributed by atoms with van der Waals surface area (Å²) in [5, 5.41) is 2.31. The SMILES string of the molecule is NC(=O)C1CC(=O)CC(=O)N1. The predicted molar refractivity (Wildman–Crippen MR) is 35.4 cm³/mol. The van der Waals surface area contributed by atoms with Crippen molar-refractivity contribution in [3.63, 3.8) is 0 Å². The second-order valence-corrected chi connectivity index (χ2v) is 2.44. The first-order valence-corrected chi connectivity index (χ1v) is 3.20. The van der Waals surface area contributed by atoms with Crippen LogP contribution in [0.1, 0.15) is 12.8 Å². The zero-order chi connectivity index (χ0) is 8.43. The van der Waals surface area contributed by atoms with E-state index in [0.29, 0.717) is 0 Å². The van der Waals surface area contributed by atoms with Crippen LogP contribution in [0.3, 0.4) is 0 Å². The van der Waals surface area contributed by atoms with Crippen LogP contribution in [0.2, 0.25) is 0 Å². The first-order chi connectivity index (χ1) is 5.09. The summed E-state index contributed by atoms with van der Waals surface area (Å²) < 4.78 is 0. The second-order valence-electron chi connectivity index (χ2n) is 2.44. The summed E-state index contributed by atoms with van der Waals surface area (Å²) in [6.45, 7) is 0. The van der Waals surface area contributed by atoms with E-state index in [1.54, 1.807) is 0 Å². The van der Waals surface area contributed by atoms with Crippen molar-refractivity contribution in [1.82, 2.24) is 5.32 Å². The molecule has 1 aliphatic heterocycles. The van der Waals surface area contributed by atoms with Gasteiger partial charge in [-0.3, -0.25) is 14.4 Å². The molecule has 1 saturated heterocycles. The number of nitrogens with one attached hydrogen (secondary N) is 1. The molecule has 1 fully saturated rings. The Balaban J connectivity index is 2.63. The monoisotopic (exact) mass is 156 g/mol. The van der Waals surface area contributed by atoms with E-state index in [4.69, 9.17) is 5.73 Å². The third-order valence-electron chi connectivity index (χ3n) is 1.47. The Morgan fingerprint density at radius 2 is 2.18 bits per heavy atom. The second kappa shape index (κ2) is 2.69. The van der Waals surface area contributed by atoms with E-state index in [1.165, 1.54) is 0 Å². The van der Waals surface area contributed by atoms with Gasteiger partial charge in [0.1, 0.15) is 11.8 Å². The van der Waals surface area contributed by atoms with Crippen LogP contribution in [0, 0.1) is 0 Å². The van der Waals surface area contributed by atoms with Crippen LogP contribution in [-0.4, -0.2) is 23.6 Å². The maximum atomic E-state index is 10.7. The molecule has 60 valence electrons. The number of rotatable bonds is 1. The van der Waals surface area contributed by atoms with Gasteiger partial charge in [-0.05, 0) is 0 Å². The number of carbonyl (C=O) groups is 3.